The molecule has 0 aliphatic heterocycles. The summed E-state index contributed by atoms with van der Waals surface area (Å²) in [5, 5.41) is 2.08. The zero-order valence-electron chi connectivity index (χ0n) is 34.0. The minimum Gasteiger partial charge on any atom is -0.456 e. The summed E-state index contributed by atoms with van der Waals surface area (Å²) in [7, 11) is 0. The molecule has 63 heavy (non-hydrogen) atoms. The molecule has 0 fully saturated rings. The summed E-state index contributed by atoms with van der Waals surface area (Å²) in [5.41, 5.74) is 15.5. The van der Waals surface area contributed by atoms with Crippen LogP contribution in [-0.4, -0.2) is 15.0 Å². The Bertz CT molecular complexity index is 3510. The largest absolute Gasteiger partial charge is 0.456 e. The van der Waals surface area contributed by atoms with Gasteiger partial charge in [0.05, 0.1) is 6.57 Å². The number of aromatic nitrogens is 3. The van der Waals surface area contributed by atoms with Crippen LogP contribution in [0.25, 0.3) is 117 Å². The van der Waals surface area contributed by atoms with Gasteiger partial charge in [-0.25, -0.2) is 19.8 Å². The van der Waals surface area contributed by atoms with Crippen LogP contribution in [0, 0.1) is 6.57 Å². The van der Waals surface area contributed by atoms with Crippen LogP contribution in [0.5, 0.6) is 0 Å². The lowest BCUT2D eigenvalue weighted by Gasteiger charge is -2.11. The number of benzene rings is 9. The smallest absolute Gasteiger partial charge is 0.194 e. The predicted molar refractivity (Wildman–Crippen MR) is 257 cm³/mol. The van der Waals surface area contributed by atoms with Gasteiger partial charge in [0.25, 0.3) is 0 Å². The topological polar surface area (TPSA) is 56.2 Å². The van der Waals surface area contributed by atoms with Gasteiger partial charge in [-0.3, -0.25) is 0 Å². The molecule has 11 rings (SSSR count). The number of para-hydroxylation sites is 1. The van der Waals surface area contributed by atoms with Gasteiger partial charge in [0.1, 0.15) is 11.2 Å². The van der Waals surface area contributed by atoms with E-state index in [1.165, 1.54) is 16.7 Å². The maximum atomic E-state index is 7.80. The van der Waals surface area contributed by atoms with Gasteiger partial charge in [-0.1, -0.05) is 182 Å². The van der Waals surface area contributed by atoms with Crippen molar-refractivity contribution in [2.45, 2.75) is 0 Å². The van der Waals surface area contributed by atoms with E-state index >= 15 is 0 Å². The lowest BCUT2D eigenvalue weighted by atomic mass is 9.96. The highest BCUT2D eigenvalue weighted by molar-refractivity contribution is 6.13. The molecule has 2 heterocycles. The molecule has 0 atom stereocenters. The lowest BCUT2D eigenvalue weighted by molar-refractivity contribution is 0.669. The van der Waals surface area contributed by atoms with Gasteiger partial charge in [-0.2, -0.15) is 0 Å². The van der Waals surface area contributed by atoms with Gasteiger partial charge in [0, 0.05) is 27.5 Å². The van der Waals surface area contributed by atoms with E-state index in [-0.39, 0.29) is 0 Å². The number of nitrogens with zero attached hydrogens (tertiary/aromatic N) is 4. The van der Waals surface area contributed by atoms with Gasteiger partial charge >= 0.3 is 0 Å². The Morgan fingerprint density at radius 2 is 0.730 bits per heavy atom. The fourth-order valence-electron chi connectivity index (χ4n) is 8.43. The molecular formula is C58H36N4O. The summed E-state index contributed by atoms with van der Waals surface area (Å²) in [6.07, 6.45) is 0. The molecule has 5 heteroatoms. The molecule has 2 aromatic heterocycles. The summed E-state index contributed by atoms with van der Waals surface area (Å²) in [5.74, 6) is 1.60. The average molecular weight is 805 g/mol. The maximum Gasteiger partial charge on any atom is 0.194 e. The Morgan fingerprint density at radius 3 is 1.37 bits per heavy atom. The summed E-state index contributed by atoms with van der Waals surface area (Å²) in [6, 6.07) is 74.7. The van der Waals surface area contributed by atoms with Crippen LogP contribution >= 0.6 is 0 Å². The standard InChI is InChI=1S/C58H36N4O/c1-59-52-26-9-8-24-49(52)44-20-12-23-47(36-44)57-60-56(46-22-11-19-43(35-46)41-30-28-40(29-31-41)38-14-4-2-5-15-38)61-58(62-57)48-32-33-51-54(37-48)63-53-27-13-25-50(55(51)53)45-21-10-18-42(34-45)39-16-6-3-7-17-39/h2-37H. The monoisotopic (exact) mass is 804 g/mol. The van der Waals surface area contributed by atoms with Crippen molar-refractivity contribution in [2.75, 3.05) is 0 Å². The minimum atomic E-state index is 0.526. The Kier molecular flexibility index (Phi) is 9.50. The van der Waals surface area contributed by atoms with Crippen LogP contribution in [-0.2, 0) is 0 Å². The van der Waals surface area contributed by atoms with E-state index in [4.69, 9.17) is 25.9 Å². The highest BCUT2D eigenvalue weighted by Crippen LogP contribution is 2.40. The highest BCUT2D eigenvalue weighted by atomic mass is 16.3. The first kappa shape index (κ1) is 37.3. The molecule has 0 saturated heterocycles. The fourth-order valence-corrected chi connectivity index (χ4v) is 8.43. The molecule has 0 spiro atoms. The van der Waals surface area contributed by atoms with Gasteiger partial charge in [-0.05, 0) is 92.0 Å². The van der Waals surface area contributed by atoms with Crippen LogP contribution in [0.15, 0.2) is 223 Å². The number of rotatable bonds is 8. The van der Waals surface area contributed by atoms with Crippen molar-refractivity contribution < 1.29 is 4.42 Å². The Hall–Kier alpha value is -8.72. The number of furan rings is 1. The molecule has 294 valence electrons. The lowest BCUT2D eigenvalue weighted by Crippen LogP contribution is -2.00. The van der Waals surface area contributed by atoms with Crippen LogP contribution in [0.2, 0.25) is 0 Å². The van der Waals surface area contributed by atoms with E-state index in [0.717, 1.165) is 77.6 Å². The van der Waals surface area contributed by atoms with Gasteiger partial charge in [-0.15, -0.1) is 0 Å². The molecule has 0 aliphatic carbocycles. The molecule has 0 radical (unpaired) electrons. The van der Waals surface area contributed by atoms with E-state index in [2.05, 4.69) is 144 Å². The molecule has 11 aromatic rings. The maximum absolute atomic E-state index is 7.80. The third-order valence-electron chi connectivity index (χ3n) is 11.6. The number of hydrogen-bond donors (Lipinski definition) is 0. The van der Waals surface area contributed by atoms with E-state index in [1.54, 1.807) is 0 Å². The summed E-state index contributed by atoms with van der Waals surface area (Å²) in [4.78, 5) is 19.2. The molecule has 5 nitrogen and oxygen atoms in total. The van der Waals surface area contributed by atoms with Crippen molar-refractivity contribution in [3.05, 3.63) is 230 Å². The van der Waals surface area contributed by atoms with Crippen molar-refractivity contribution in [1.29, 1.82) is 0 Å². The summed E-state index contributed by atoms with van der Waals surface area (Å²) < 4.78 is 6.61. The van der Waals surface area contributed by atoms with Crippen LogP contribution in [0.1, 0.15) is 0 Å². The third-order valence-corrected chi connectivity index (χ3v) is 11.6. The second-order valence-corrected chi connectivity index (χ2v) is 15.5. The quantitative estimate of drug-likeness (QED) is 0.144. The molecule has 0 saturated carbocycles. The molecule has 0 amide bonds. The van der Waals surface area contributed by atoms with Crippen molar-refractivity contribution >= 4 is 27.6 Å². The fraction of sp³-hybridized carbons (Fsp3) is 0. The van der Waals surface area contributed by atoms with E-state index in [9.17, 15) is 0 Å². The minimum absolute atomic E-state index is 0.526. The van der Waals surface area contributed by atoms with Crippen molar-refractivity contribution in [1.82, 2.24) is 15.0 Å². The first-order chi connectivity index (χ1) is 31.1. The molecular weight excluding hydrogens is 769 g/mol. The molecule has 9 aromatic carbocycles. The van der Waals surface area contributed by atoms with Crippen molar-refractivity contribution in [2.24, 2.45) is 0 Å². The third kappa shape index (κ3) is 7.22. The first-order valence-electron chi connectivity index (χ1n) is 20.9. The van der Waals surface area contributed by atoms with Crippen LogP contribution in [0.3, 0.4) is 0 Å². The Balaban J connectivity index is 1.03. The zero-order valence-corrected chi connectivity index (χ0v) is 34.0. The Morgan fingerprint density at radius 1 is 0.317 bits per heavy atom. The number of hydrogen-bond acceptors (Lipinski definition) is 4. The Labute approximate surface area is 365 Å². The first-order valence-corrected chi connectivity index (χ1v) is 20.9. The van der Waals surface area contributed by atoms with Gasteiger partial charge in [0.15, 0.2) is 23.2 Å². The zero-order chi connectivity index (χ0) is 42.1. The normalized spacial score (nSPS) is 11.2. The number of fused-ring (bicyclic) bond motifs is 3. The molecule has 0 N–H and O–H groups in total. The highest BCUT2D eigenvalue weighted by Gasteiger charge is 2.18. The summed E-state index contributed by atoms with van der Waals surface area (Å²) in [6.45, 7) is 7.80. The van der Waals surface area contributed by atoms with Crippen LogP contribution in [0.4, 0.5) is 5.69 Å². The molecule has 0 bridgehead atoms. The van der Waals surface area contributed by atoms with E-state index in [0.29, 0.717) is 23.2 Å². The second kappa shape index (κ2) is 16.0. The van der Waals surface area contributed by atoms with Crippen molar-refractivity contribution in [3.8, 4) is 89.8 Å². The SMILES string of the molecule is [C-]#[N+]c1ccccc1-c1cccc(-c2nc(-c3cccc(-c4ccc(-c5ccccc5)cc4)c3)nc(-c3ccc4c(c3)oc3cccc(-c5cccc(-c6ccccc6)c5)c34)n2)c1. The predicted octanol–water partition coefficient (Wildman–Crippen LogP) is 15.7. The van der Waals surface area contributed by atoms with Crippen LogP contribution < -0.4 is 0 Å². The van der Waals surface area contributed by atoms with Crippen molar-refractivity contribution in [3.63, 3.8) is 0 Å². The van der Waals surface area contributed by atoms with E-state index in [1.807, 2.05) is 78.9 Å². The summed E-state index contributed by atoms with van der Waals surface area (Å²) >= 11 is 0. The molecule has 0 unspecified atom stereocenters. The van der Waals surface area contributed by atoms with Gasteiger partial charge in [0.2, 0.25) is 0 Å². The van der Waals surface area contributed by atoms with Gasteiger partial charge < -0.3 is 4.42 Å². The van der Waals surface area contributed by atoms with E-state index < -0.39 is 0 Å². The molecule has 0 aliphatic rings. The second-order valence-electron chi connectivity index (χ2n) is 15.5. The average Bonchev–Trinajstić information content (AvgIpc) is 3.75.